The number of piperidine rings is 2. The quantitative estimate of drug-likeness (QED) is 0.919. The molecule has 0 saturated carbocycles. The smallest absolute Gasteiger partial charge is 0.133 e. The van der Waals surface area contributed by atoms with Crippen LogP contribution in [-0.2, 0) is 0 Å². The van der Waals surface area contributed by atoms with Crippen LogP contribution in [0.25, 0.3) is 0 Å². The van der Waals surface area contributed by atoms with E-state index < -0.39 is 0 Å². The summed E-state index contributed by atoms with van der Waals surface area (Å²) in [5.74, 6) is 2.32. The van der Waals surface area contributed by atoms with Gasteiger partial charge in [0.15, 0.2) is 0 Å². The van der Waals surface area contributed by atoms with E-state index in [2.05, 4.69) is 54.0 Å². The van der Waals surface area contributed by atoms with Gasteiger partial charge in [0.2, 0.25) is 0 Å². The van der Waals surface area contributed by atoms with E-state index in [4.69, 9.17) is 4.98 Å². The van der Waals surface area contributed by atoms with Crippen molar-refractivity contribution >= 4 is 5.82 Å². The molecule has 134 valence electrons. The van der Waals surface area contributed by atoms with Crippen molar-refractivity contribution in [1.29, 1.82) is 0 Å². The van der Waals surface area contributed by atoms with Gasteiger partial charge >= 0.3 is 0 Å². The predicted octanol–water partition coefficient (Wildman–Crippen LogP) is 2.88. The zero-order valence-corrected chi connectivity index (χ0v) is 15.8. The molecule has 5 nitrogen and oxygen atoms in total. The van der Waals surface area contributed by atoms with Gasteiger partial charge in [-0.05, 0) is 52.7 Å². The summed E-state index contributed by atoms with van der Waals surface area (Å²) in [6.07, 6.45) is 5.09. The second kappa shape index (κ2) is 7.79. The SMILES string of the molecule is Cc1cc(NC2CCN(C3CCN(C)CC3)CC2)nc(C(C)C)n1. The van der Waals surface area contributed by atoms with Gasteiger partial charge in [-0.1, -0.05) is 13.8 Å². The second-order valence-corrected chi connectivity index (χ2v) is 7.90. The van der Waals surface area contributed by atoms with Crippen LogP contribution in [0.15, 0.2) is 6.07 Å². The van der Waals surface area contributed by atoms with Crippen molar-refractivity contribution in [3.63, 3.8) is 0 Å². The zero-order valence-electron chi connectivity index (χ0n) is 15.8. The molecule has 3 rings (SSSR count). The van der Waals surface area contributed by atoms with Gasteiger partial charge in [-0.25, -0.2) is 9.97 Å². The minimum atomic E-state index is 0.372. The van der Waals surface area contributed by atoms with Crippen molar-refractivity contribution in [3.8, 4) is 0 Å². The van der Waals surface area contributed by atoms with E-state index in [0.717, 1.165) is 23.4 Å². The summed E-state index contributed by atoms with van der Waals surface area (Å²) in [6, 6.07) is 3.42. The van der Waals surface area contributed by atoms with Crippen LogP contribution in [0.5, 0.6) is 0 Å². The lowest BCUT2D eigenvalue weighted by Crippen LogP contribution is -2.48. The average Bonchev–Trinajstić information content (AvgIpc) is 2.56. The van der Waals surface area contributed by atoms with Gasteiger partial charge in [0.1, 0.15) is 11.6 Å². The number of aromatic nitrogens is 2. The van der Waals surface area contributed by atoms with Crippen LogP contribution in [0.1, 0.15) is 57.0 Å². The van der Waals surface area contributed by atoms with Crippen molar-refractivity contribution in [2.24, 2.45) is 0 Å². The highest BCUT2D eigenvalue weighted by atomic mass is 15.2. The standard InChI is InChI=1S/C19H33N5/c1-14(2)19-20-15(3)13-18(22-19)21-16-5-11-24(12-6-16)17-7-9-23(4)10-8-17/h13-14,16-17H,5-12H2,1-4H3,(H,20,21,22). The zero-order chi connectivity index (χ0) is 17.1. The Morgan fingerprint density at radius 3 is 2.33 bits per heavy atom. The highest BCUT2D eigenvalue weighted by molar-refractivity contribution is 5.37. The van der Waals surface area contributed by atoms with Gasteiger partial charge in [0.05, 0.1) is 0 Å². The van der Waals surface area contributed by atoms with E-state index in [-0.39, 0.29) is 0 Å². The first-order chi connectivity index (χ1) is 11.5. The summed E-state index contributed by atoms with van der Waals surface area (Å²) >= 11 is 0. The van der Waals surface area contributed by atoms with Gasteiger partial charge in [-0.15, -0.1) is 0 Å². The van der Waals surface area contributed by atoms with E-state index in [0.29, 0.717) is 12.0 Å². The number of aryl methyl sites for hydroxylation is 1. The van der Waals surface area contributed by atoms with Crippen LogP contribution in [-0.4, -0.2) is 65.1 Å². The van der Waals surface area contributed by atoms with Gasteiger partial charge in [0, 0.05) is 42.9 Å². The Morgan fingerprint density at radius 1 is 1.04 bits per heavy atom. The highest BCUT2D eigenvalue weighted by Gasteiger charge is 2.27. The number of hydrogen-bond donors (Lipinski definition) is 1. The number of nitrogens with zero attached hydrogens (tertiary/aromatic N) is 4. The molecule has 2 aliphatic heterocycles. The third-order valence-electron chi connectivity index (χ3n) is 5.47. The summed E-state index contributed by atoms with van der Waals surface area (Å²) in [5.41, 5.74) is 1.06. The minimum absolute atomic E-state index is 0.372. The maximum Gasteiger partial charge on any atom is 0.133 e. The molecule has 2 fully saturated rings. The Balaban J connectivity index is 1.52. The summed E-state index contributed by atoms with van der Waals surface area (Å²) in [7, 11) is 2.24. The van der Waals surface area contributed by atoms with Crippen molar-refractivity contribution < 1.29 is 0 Å². The Kier molecular flexibility index (Phi) is 5.72. The summed E-state index contributed by atoms with van der Waals surface area (Å²) in [4.78, 5) is 14.4. The first-order valence-electron chi connectivity index (χ1n) is 9.56. The predicted molar refractivity (Wildman–Crippen MR) is 99.6 cm³/mol. The molecule has 0 aliphatic carbocycles. The van der Waals surface area contributed by atoms with Gasteiger partial charge in [-0.2, -0.15) is 0 Å². The van der Waals surface area contributed by atoms with Gasteiger partial charge < -0.3 is 15.1 Å². The Bertz CT molecular complexity index is 529. The van der Waals surface area contributed by atoms with Crippen LogP contribution in [0, 0.1) is 6.92 Å². The molecular formula is C19H33N5. The fraction of sp³-hybridized carbons (Fsp3) is 0.789. The molecule has 2 aliphatic rings. The van der Waals surface area contributed by atoms with Crippen LogP contribution >= 0.6 is 0 Å². The third-order valence-corrected chi connectivity index (χ3v) is 5.47. The normalized spacial score (nSPS) is 22.2. The molecule has 2 saturated heterocycles. The number of rotatable bonds is 4. The molecule has 0 unspecified atom stereocenters. The van der Waals surface area contributed by atoms with Crippen molar-refractivity contribution in [3.05, 3.63) is 17.6 Å². The lowest BCUT2D eigenvalue weighted by molar-refractivity contribution is 0.0993. The van der Waals surface area contributed by atoms with Gasteiger partial charge in [0.25, 0.3) is 0 Å². The number of likely N-dealkylation sites (tertiary alicyclic amines) is 2. The fourth-order valence-electron chi connectivity index (χ4n) is 3.90. The topological polar surface area (TPSA) is 44.3 Å². The average molecular weight is 332 g/mol. The third kappa shape index (κ3) is 4.45. The monoisotopic (exact) mass is 331 g/mol. The number of anilines is 1. The second-order valence-electron chi connectivity index (χ2n) is 7.90. The van der Waals surface area contributed by atoms with Crippen LogP contribution in [0.3, 0.4) is 0 Å². The first kappa shape index (κ1) is 17.6. The molecule has 0 atom stereocenters. The lowest BCUT2D eigenvalue weighted by Gasteiger charge is -2.41. The Hall–Kier alpha value is -1.20. The summed E-state index contributed by atoms with van der Waals surface area (Å²) in [6.45, 7) is 11.3. The highest BCUT2D eigenvalue weighted by Crippen LogP contribution is 2.23. The lowest BCUT2D eigenvalue weighted by atomic mass is 9.98. The van der Waals surface area contributed by atoms with Crippen molar-refractivity contribution in [2.75, 3.05) is 38.5 Å². The molecule has 0 radical (unpaired) electrons. The first-order valence-corrected chi connectivity index (χ1v) is 9.56. The molecule has 0 amide bonds. The largest absolute Gasteiger partial charge is 0.367 e. The molecule has 24 heavy (non-hydrogen) atoms. The maximum atomic E-state index is 4.70. The fourth-order valence-corrected chi connectivity index (χ4v) is 3.90. The Labute approximate surface area is 146 Å². The molecule has 1 aromatic rings. The number of hydrogen-bond acceptors (Lipinski definition) is 5. The van der Waals surface area contributed by atoms with Crippen LogP contribution < -0.4 is 5.32 Å². The van der Waals surface area contributed by atoms with Gasteiger partial charge in [-0.3, -0.25) is 0 Å². The molecule has 0 aromatic carbocycles. The number of nitrogens with one attached hydrogen (secondary N) is 1. The van der Waals surface area contributed by atoms with E-state index in [1.54, 1.807) is 0 Å². The summed E-state index contributed by atoms with van der Waals surface area (Å²) < 4.78 is 0. The van der Waals surface area contributed by atoms with E-state index in [9.17, 15) is 0 Å². The molecule has 1 N–H and O–H groups in total. The van der Waals surface area contributed by atoms with Crippen LogP contribution in [0.2, 0.25) is 0 Å². The Morgan fingerprint density at radius 2 is 1.71 bits per heavy atom. The van der Waals surface area contributed by atoms with E-state index in [1.165, 1.54) is 51.9 Å². The van der Waals surface area contributed by atoms with E-state index >= 15 is 0 Å². The summed E-state index contributed by atoms with van der Waals surface area (Å²) in [5, 5.41) is 3.66. The van der Waals surface area contributed by atoms with Crippen LogP contribution in [0.4, 0.5) is 5.82 Å². The molecule has 3 heterocycles. The van der Waals surface area contributed by atoms with Crippen molar-refractivity contribution in [1.82, 2.24) is 19.8 Å². The molecular weight excluding hydrogens is 298 g/mol. The molecule has 0 bridgehead atoms. The molecule has 1 aromatic heterocycles. The van der Waals surface area contributed by atoms with Crippen molar-refractivity contribution in [2.45, 2.75) is 64.5 Å². The molecule has 5 heteroatoms. The molecule has 0 spiro atoms. The minimum Gasteiger partial charge on any atom is -0.367 e. The van der Waals surface area contributed by atoms with E-state index in [1.807, 2.05) is 0 Å². The maximum absolute atomic E-state index is 4.70.